The Labute approximate surface area is 111 Å². The van der Waals surface area contributed by atoms with Gasteiger partial charge in [-0.3, -0.25) is 0 Å². The van der Waals surface area contributed by atoms with E-state index in [2.05, 4.69) is 4.74 Å². The monoisotopic (exact) mass is 256 g/mol. The van der Waals surface area contributed by atoms with Gasteiger partial charge in [-0.2, -0.15) is 4.39 Å². The molecule has 2 rings (SSSR count). The van der Waals surface area contributed by atoms with Gasteiger partial charge in [-0.1, -0.05) is 60.7 Å². The van der Waals surface area contributed by atoms with E-state index in [1.165, 1.54) is 6.08 Å². The van der Waals surface area contributed by atoms with Crippen LogP contribution in [0, 0.1) is 0 Å². The molecule has 0 bridgehead atoms. The summed E-state index contributed by atoms with van der Waals surface area (Å²) in [7, 11) is 0. The van der Waals surface area contributed by atoms with Crippen molar-refractivity contribution in [2.24, 2.45) is 0 Å². The van der Waals surface area contributed by atoms with Crippen LogP contribution in [0.3, 0.4) is 0 Å². The molecule has 0 radical (unpaired) electrons. The van der Waals surface area contributed by atoms with Crippen LogP contribution >= 0.6 is 0 Å². The summed E-state index contributed by atoms with van der Waals surface area (Å²) in [4.78, 5) is 11.5. The van der Waals surface area contributed by atoms with Gasteiger partial charge in [0.25, 0.3) is 6.36 Å². The lowest BCUT2D eigenvalue weighted by Crippen LogP contribution is -2.04. The van der Waals surface area contributed by atoms with Gasteiger partial charge in [-0.05, 0) is 11.6 Å². The molecule has 0 spiro atoms. The molecule has 0 saturated heterocycles. The van der Waals surface area contributed by atoms with Crippen molar-refractivity contribution >= 4 is 12.0 Å². The first-order chi connectivity index (χ1) is 9.25. The predicted octanol–water partition coefficient (Wildman–Crippen LogP) is 3.91. The van der Waals surface area contributed by atoms with Crippen LogP contribution in [0.1, 0.15) is 17.5 Å². The molecular formula is C16H13FO2. The minimum atomic E-state index is -1.74. The van der Waals surface area contributed by atoms with Gasteiger partial charge in [0, 0.05) is 11.6 Å². The Morgan fingerprint density at radius 3 is 2.21 bits per heavy atom. The average molecular weight is 256 g/mol. The molecule has 0 fully saturated rings. The molecule has 0 saturated carbocycles. The van der Waals surface area contributed by atoms with E-state index in [0.717, 1.165) is 5.56 Å². The van der Waals surface area contributed by atoms with Crippen molar-refractivity contribution in [3.05, 3.63) is 77.9 Å². The maximum Gasteiger partial charge on any atom is 0.333 e. The van der Waals surface area contributed by atoms with E-state index in [1.807, 2.05) is 30.3 Å². The zero-order chi connectivity index (χ0) is 13.5. The van der Waals surface area contributed by atoms with Crippen molar-refractivity contribution in [3.63, 3.8) is 0 Å². The Morgan fingerprint density at radius 1 is 1.00 bits per heavy atom. The third-order valence-electron chi connectivity index (χ3n) is 2.49. The van der Waals surface area contributed by atoms with Gasteiger partial charge in [-0.15, -0.1) is 0 Å². The summed E-state index contributed by atoms with van der Waals surface area (Å²) < 4.78 is 18.3. The zero-order valence-electron chi connectivity index (χ0n) is 10.2. The molecule has 2 aromatic rings. The second-order valence-electron chi connectivity index (χ2n) is 3.91. The van der Waals surface area contributed by atoms with Gasteiger partial charge in [0.2, 0.25) is 0 Å². The molecule has 0 aliphatic carbocycles. The molecule has 0 amide bonds. The lowest BCUT2D eigenvalue weighted by atomic mass is 10.2. The van der Waals surface area contributed by atoms with Crippen LogP contribution in [0.15, 0.2) is 66.7 Å². The van der Waals surface area contributed by atoms with E-state index in [9.17, 15) is 9.18 Å². The fraction of sp³-hybridized carbons (Fsp3) is 0.0625. The van der Waals surface area contributed by atoms with E-state index >= 15 is 0 Å². The lowest BCUT2D eigenvalue weighted by molar-refractivity contribution is -0.152. The molecule has 0 aliphatic heterocycles. The minimum absolute atomic E-state index is 0.323. The molecule has 0 aromatic heterocycles. The standard InChI is InChI=1S/C16H13FO2/c17-16(14-9-5-2-6-10-14)19-15(18)12-11-13-7-3-1-4-8-13/h1-12,16H/b12-11+. The summed E-state index contributed by atoms with van der Waals surface area (Å²) in [6.07, 6.45) is 1.05. The first-order valence-electron chi connectivity index (χ1n) is 5.88. The molecule has 2 aromatic carbocycles. The third-order valence-corrected chi connectivity index (χ3v) is 2.49. The van der Waals surface area contributed by atoms with Crippen LogP contribution in [0.5, 0.6) is 0 Å². The van der Waals surface area contributed by atoms with E-state index in [1.54, 1.807) is 36.4 Å². The molecule has 0 heterocycles. The van der Waals surface area contributed by atoms with Crippen molar-refractivity contribution in [1.29, 1.82) is 0 Å². The summed E-state index contributed by atoms with van der Waals surface area (Å²) in [6, 6.07) is 17.6. The smallest absolute Gasteiger partial charge is 0.333 e. The molecule has 19 heavy (non-hydrogen) atoms. The predicted molar refractivity (Wildman–Crippen MR) is 71.9 cm³/mol. The Bertz CT molecular complexity index is 549. The largest absolute Gasteiger partial charge is 0.424 e. The first-order valence-corrected chi connectivity index (χ1v) is 5.88. The van der Waals surface area contributed by atoms with Crippen LogP contribution < -0.4 is 0 Å². The highest BCUT2D eigenvalue weighted by molar-refractivity contribution is 5.87. The van der Waals surface area contributed by atoms with Crippen molar-refractivity contribution in [3.8, 4) is 0 Å². The van der Waals surface area contributed by atoms with Crippen LogP contribution in [0.25, 0.3) is 6.08 Å². The number of carbonyl (C=O) groups is 1. The molecule has 0 aliphatic rings. The Morgan fingerprint density at radius 2 is 1.58 bits per heavy atom. The summed E-state index contributed by atoms with van der Waals surface area (Å²) in [6.45, 7) is 0. The first kappa shape index (κ1) is 13.0. The third kappa shape index (κ3) is 4.07. The van der Waals surface area contributed by atoms with Gasteiger partial charge < -0.3 is 4.74 Å². The summed E-state index contributed by atoms with van der Waals surface area (Å²) in [5.74, 6) is -0.708. The number of hydrogen-bond donors (Lipinski definition) is 0. The van der Waals surface area contributed by atoms with Crippen molar-refractivity contribution in [2.45, 2.75) is 6.36 Å². The number of carbonyl (C=O) groups excluding carboxylic acids is 1. The van der Waals surface area contributed by atoms with Gasteiger partial charge >= 0.3 is 5.97 Å². The fourth-order valence-electron chi connectivity index (χ4n) is 1.54. The van der Waals surface area contributed by atoms with Crippen molar-refractivity contribution in [2.75, 3.05) is 0 Å². The van der Waals surface area contributed by atoms with Gasteiger partial charge in [-0.25, -0.2) is 4.79 Å². The number of esters is 1. The fourth-order valence-corrected chi connectivity index (χ4v) is 1.54. The summed E-state index contributed by atoms with van der Waals surface area (Å²) >= 11 is 0. The SMILES string of the molecule is O=C(/C=C/c1ccccc1)OC(F)c1ccccc1. The summed E-state index contributed by atoms with van der Waals surface area (Å²) in [5, 5.41) is 0. The highest BCUT2D eigenvalue weighted by Gasteiger charge is 2.12. The number of alkyl halides is 1. The number of benzene rings is 2. The van der Waals surface area contributed by atoms with E-state index in [0.29, 0.717) is 5.56 Å². The normalized spacial score (nSPS) is 12.3. The Kier molecular flexibility index (Phi) is 4.45. The molecule has 1 atom stereocenters. The molecular weight excluding hydrogens is 243 g/mol. The number of rotatable bonds is 4. The summed E-state index contributed by atoms with van der Waals surface area (Å²) in [5.41, 5.74) is 1.18. The van der Waals surface area contributed by atoms with Gasteiger partial charge in [0.05, 0.1) is 0 Å². The quantitative estimate of drug-likeness (QED) is 0.612. The number of halogens is 1. The number of ether oxygens (including phenoxy) is 1. The van der Waals surface area contributed by atoms with Crippen LogP contribution in [0.4, 0.5) is 4.39 Å². The lowest BCUT2D eigenvalue weighted by Gasteiger charge is -2.07. The van der Waals surface area contributed by atoms with Gasteiger partial charge in [0.15, 0.2) is 0 Å². The highest BCUT2D eigenvalue weighted by Crippen LogP contribution is 2.18. The minimum Gasteiger partial charge on any atom is -0.424 e. The van der Waals surface area contributed by atoms with Crippen LogP contribution in [-0.2, 0) is 9.53 Å². The van der Waals surface area contributed by atoms with E-state index in [4.69, 9.17) is 0 Å². The zero-order valence-corrected chi connectivity index (χ0v) is 10.2. The highest BCUT2D eigenvalue weighted by atomic mass is 19.1. The molecule has 1 unspecified atom stereocenters. The van der Waals surface area contributed by atoms with Gasteiger partial charge in [0.1, 0.15) is 0 Å². The molecule has 2 nitrogen and oxygen atoms in total. The maximum absolute atomic E-state index is 13.6. The molecule has 96 valence electrons. The van der Waals surface area contributed by atoms with Crippen molar-refractivity contribution < 1.29 is 13.9 Å². The molecule has 3 heteroatoms. The average Bonchev–Trinajstić information content (AvgIpc) is 2.47. The Balaban J connectivity index is 1.93. The van der Waals surface area contributed by atoms with Crippen molar-refractivity contribution in [1.82, 2.24) is 0 Å². The van der Waals surface area contributed by atoms with E-state index in [-0.39, 0.29) is 0 Å². The van der Waals surface area contributed by atoms with Crippen LogP contribution in [-0.4, -0.2) is 5.97 Å². The maximum atomic E-state index is 13.6. The van der Waals surface area contributed by atoms with Crippen LogP contribution in [0.2, 0.25) is 0 Å². The van der Waals surface area contributed by atoms with E-state index < -0.39 is 12.3 Å². The second kappa shape index (κ2) is 6.50. The number of hydrogen-bond acceptors (Lipinski definition) is 2. The second-order valence-corrected chi connectivity index (χ2v) is 3.91. The Hall–Kier alpha value is -2.42. The topological polar surface area (TPSA) is 26.3 Å². The molecule has 0 N–H and O–H groups in total.